The molecule has 0 fully saturated rings. The number of methoxy groups -OCH3 is 1. The highest BCUT2D eigenvalue weighted by Gasteiger charge is 2.23. The number of hydrogen-bond acceptors (Lipinski definition) is 4. The molecule has 0 radical (unpaired) electrons. The van der Waals surface area contributed by atoms with Gasteiger partial charge in [-0.2, -0.15) is 0 Å². The SMILES string of the molecule is CCCCC(NC(C)C(=O)NC(C)C)C(=O)OC. The third-order valence-corrected chi connectivity index (χ3v) is 2.61. The maximum atomic E-state index is 11.7. The number of ether oxygens (including phenoxy) is 1. The van der Waals surface area contributed by atoms with Gasteiger partial charge in [-0.3, -0.25) is 14.9 Å². The Morgan fingerprint density at radius 3 is 2.28 bits per heavy atom. The van der Waals surface area contributed by atoms with Gasteiger partial charge in [0, 0.05) is 6.04 Å². The van der Waals surface area contributed by atoms with Crippen LogP contribution < -0.4 is 10.6 Å². The average molecular weight is 258 g/mol. The number of rotatable bonds is 8. The fourth-order valence-corrected chi connectivity index (χ4v) is 1.61. The molecule has 0 bridgehead atoms. The molecule has 0 heterocycles. The van der Waals surface area contributed by atoms with Crippen molar-refractivity contribution in [2.24, 2.45) is 0 Å². The zero-order valence-corrected chi connectivity index (χ0v) is 12.1. The van der Waals surface area contributed by atoms with Gasteiger partial charge in [-0.1, -0.05) is 19.8 Å². The first-order valence-corrected chi connectivity index (χ1v) is 6.56. The van der Waals surface area contributed by atoms with Gasteiger partial charge in [-0.05, 0) is 27.2 Å². The smallest absolute Gasteiger partial charge is 0.322 e. The maximum Gasteiger partial charge on any atom is 0.322 e. The van der Waals surface area contributed by atoms with Gasteiger partial charge >= 0.3 is 5.97 Å². The Bertz CT molecular complexity index is 267. The summed E-state index contributed by atoms with van der Waals surface area (Å²) in [6.07, 6.45) is 2.61. The van der Waals surface area contributed by atoms with Gasteiger partial charge in [-0.25, -0.2) is 0 Å². The first-order valence-electron chi connectivity index (χ1n) is 6.56. The van der Waals surface area contributed by atoms with Crippen LogP contribution in [-0.2, 0) is 14.3 Å². The topological polar surface area (TPSA) is 67.4 Å². The van der Waals surface area contributed by atoms with Crippen LogP contribution in [0.5, 0.6) is 0 Å². The lowest BCUT2D eigenvalue weighted by atomic mass is 10.1. The van der Waals surface area contributed by atoms with Crippen molar-refractivity contribution in [1.82, 2.24) is 10.6 Å². The van der Waals surface area contributed by atoms with Crippen LogP contribution in [0.2, 0.25) is 0 Å². The largest absolute Gasteiger partial charge is 0.468 e. The Labute approximate surface area is 110 Å². The normalized spacial score (nSPS) is 14.1. The summed E-state index contributed by atoms with van der Waals surface area (Å²) < 4.78 is 4.74. The van der Waals surface area contributed by atoms with E-state index in [0.717, 1.165) is 12.8 Å². The second-order valence-corrected chi connectivity index (χ2v) is 4.77. The van der Waals surface area contributed by atoms with E-state index in [9.17, 15) is 9.59 Å². The van der Waals surface area contributed by atoms with Gasteiger partial charge < -0.3 is 10.1 Å². The monoisotopic (exact) mass is 258 g/mol. The van der Waals surface area contributed by atoms with Crippen LogP contribution in [0.1, 0.15) is 47.0 Å². The van der Waals surface area contributed by atoms with Gasteiger partial charge in [0.25, 0.3) is 0 Å². The molecule has 0 aromatic carbocycles. The number of carbonyl (C=O) groups is 2. The average Bonchev–Trinajstić information content (AvgIpc) is 2.32. The molecule has 0 aliphatic carbocycles. The molecular formula is C13H26N2O3. The molecule has 0 aliphatic heterocycles. The summed E-state index contributed by atoms with van der Waals surface area (Å²) in [6.45, 7) is 7.61. The second kappa shape index (κ2) is 8.91. The van der Waals surface area contributed by atoms with E-state index in [1.54, 1.807) is 6.92 Å². The molecule has 0 rings (SSSR count). The second-order valence-electron chi connectivity index (χ2n) is 4.77. The summed E-state index contributed by atoms with van der Waals surface area (Å²) in [6, 6.07) is -0.731. The number of carbonyl (C=O) groups excluding carboxylic acids is 2. The Morgan fingerprint density at radius 2 is 1.83 bits per heavy atom. The van der Waals surface area contributed by atoms with Crippen molar-refractivity contribution in [3.63, 3.8) is 0 Å². The lowest BCUT2D eigenvalue weighted by Gasteiger charge is -2.21. The van der Waals surface area contributed by atoms with Crippen molar-refractivity contribution in [3.05, 3.63) is 0 Å². The summed E-state index contributed by atoms with van der Waals surface area (Å²) in [4.78, 5) is 23.3. The molecule has 5 nitrogen and oxygen atoms in total. The quantitative estimate of drug-likeness (QED) is 0.642. The molecule has 0 saturated heterocycles. The molecule has 5 heteroatoms. The van der Waals surface area contributed by atoms with E-state index >= 15 is 0 Å². The highest BCUT2D eigenvalue weighted by atomic mass is 16.5. The Balaban J connectivity index is 4.37. The van der Waals surface area contributed by atoms with Crippen molar-refractivity contribution in [2.75, 3.05) is 7.11 Å². The van der Waals surface area contributed by atoms with Crippen LogP contribution in [0.4, 0.5) is 0 Å². The Hall–Kier alpha value is -1.10. The predicted molar refractivity (Wildman–Crippen MR) is 71.2 cm³/mol. The molecule has 0 aromatic heterocycles. The molecule has 1 amide bonds. The van der Waals surface area contributed by atoms with Crippen molar-refractivity contribution in [3.8, 4) is 0 Å². The Morgan fingerprint density at radius 1 is 1.22 bits per heavy atom. The molecule has 0 spiro atoms. The van der Waals surface area contributed by atoms with Crippen molar-refractivity contribution in [1.29, 1.82) is 0 Å². The molecule has 2 unspecified atom stereocenters. The first-order chi connectivity index (χ1) is 8.42. The minimum absolute atomic E-state index is 0.0916. The van der Waals surface area contributed by atoms with E-state index in [0.29, 0.717) is 6.42 Å². The van der Waals surface area contributed by atoms with Crippen LogP contribution in [0.25, 0.3) is 0 Å². The third-order valence-electron chi connectivity index (χ3n) is 2.61. The van der Waals surface area contributed by atoms with Crippen LogP contribution in [0, 0.1) is 0 Å². The Kier molecular flexibility index (Phi) is 8.37. The van der Waals surface area contributed by atoms with E-state index in [4.69, 9.17) is 4.74 Å². The van der Waals surface area contributed by atoms with Gasteiger partial charge in [0.1, 0.15) is 6.04 Å². The van der Waals surface area contributed by atoms with Crippen molar-refractivity contribution >= 4 is 11.9 Å². The van der Waals surface area contributed by atoms with Gasteiger partial charge in [0.2, 0.25) is 5.91 Å². The number of hydrogen-bond donors (Lipinski definition) is 2. The minimum Gasteiger partial charge on any atom is -0.468 e. The number of unbranched alkanes of at least 4 members (excludes halogenated alkanes) is 1. The lowest BCUT2D eigenvalue weighted by molar-refractivity contribution is -0.143. The van der Waals surface area contributed by atoms with Crippen molar-refractivity contribution < 1.29 is 14.3 Å². The molecule has 0 saturated carbocycles. The van der Waals surface area contributed by atoms with Crippen LogP contribution in [0.15, 0.2) is 0 Å². The molecule has 2 atom stereocenters. The van der Waals surface area contributed by atoms with E-state index in [-0.39, 0.29) is 17.9 Å². The van der Waals surface area contributed by atoms with Crippen LogP contribution >= 0.6 is 0 Å². The standard InChI is InChI=1S/C13H26N2O3/c1-6-7-8-11(13(17)18-5)15-10(4)12(16)14-9(2)3/h9-11,15H,6-8H2,1-5H3,(H,14,16). The zero-order valence-electron chi connectivity index (χ0n) is 12.1. The highest BCUT2D eigenvalue weighted by Crippen LogP contribution is 2.04. The molecule has 106 valence electrons. The summed E-state index contributed by atoms with van der Waals surface area (Å²) in [5, 5.41) is 5.83. The van der Waals surface area contributed by atoms with Crippen molar-refractivity contribution in [2.45, 2.75) is 65.1 Å². The fourth-order valence-electron chi connectivity index (χ4n) is 1.61. The first kappa shape index (κ1) is 16.9. The van der Waals surface area contributed by atoms with E-state index < -0.39 is 12.1 Å². The summed E-state index contributed by atoms with van der Waals surface area (Å²) in [7, 11) is 1.36. The highest BCUT2D eigenvalue weighted by molar-refractivity contribution is 5.83. The van der Waals surface area contributed by atoms with E-state index in [2.05, 4.69) is 17.6 Å². The van der Waals surface area contributed by atoms with E-state index in [1.807, 2.05) is 13.8 Å². The van der Waals surface area contributed by atoms with Gasteiger partial charge in [-0.15, -0.1) is 0 Å². The summed E-state index contributed by atoms with van der Waals surface area (Å²) >= 11 is 0. The number of esters is 1. The molecular weight excluding hydrogens is 232 g/mol. The number of amides is 1. The summed E-state index contributed by atoms with van der Waals surface area (Å²) in [5.41, 5.74) is 0. The molecule has 0 aliphatic rings. The van der Waals surface area contributed by atoms with E-state index in [1.165, 1.54) is 7.11 Å². The lowest BCUT2D eigenvalue weighted by Crippen LogP contribution is -2.50. The predicted octanol–water partition coefficient (Wildman–Crippen LogP) is 1.22. The summed E-state index contributed by atoms with van der Waals surface area (Å²) in [5.74, 6) is -0.414. The molecule has 2 N–H and O–H groups in total. The number of nitrogens with one attached hydrogen (secondary N) is 2. The van der Waals surface area contributed by atoms with Crippen LogP contribution in [-0.4, -0.2) is 37.1 Å². The zero-order chi connectivity index (χ0) is 14.1. The van der Waals surface area contributed by atoms with Gasteiger partial charge in [0.05, 0.1) is 13.2 Å². The minimum atomic E-state index is -0.414. The van der Waals surface area contributed by atoms with Crippen LogP contribution in [0.3, 0.4) is 0 Å². The fraction of sp³-hybridized carbons (Fsp3) is 0.846. The molecule has 18 heavy (non-hydrogen) atoms. The van der Waals surface area contributed by atoms with Gasteiger partial charge in [0.15, 0.2) is 0 Å². The molecule has 0 aromatic rings. The third kappa shape index (κ3) is 6.59. The maximum absolute atomic E-state index is 11.7.